The van der Waals surface area contributed by atoms with Gasteiger partial charge in [-0.05, 0) is 19.5 Å². The molecule has 0 bridgehead atoms. The number of para-hydroxylation sites is 1. The summed E-state index contributed by atoms with van der Waals surface area (Å²) in [5.74, 6) is 1.06. The predicted octanol–water partition coefficient (Wildman–Crippen LogP) is 1.41. The average Bonchev–Trinajstić information content (AvgIpc) is 2.98. The Morgan fingerprint density at radius 2 is 1.88 bits per heavy atom. The monoisotopic (exact) mass is 339 g/mol. The molecule has 0 saturated carbocycles. The van der Waals surface area contributed by atoms with Crippen LogP contribution in [-0.2, 0) is 11.2 Å². The summed E-state index contributed by atoms with van der Waals surface area (Å²) in [6.07, 6.45) is 0.924. The van der Waals surface area contributed by atoms with Gasteiger partial charge in [0.25, 0.3) is 0 Å². The number of pyridine rings is 1. The molecule has 2 aromatic rings. The van der Waals surface area contributed by atoms with Crippen LogP contribution in [0.5, 0.6) is 0 Å². The molecule has 1 N–H and O–H groups in total. The second-order valence-corrected chi connectivity index (χ2v) is 7.11. The fourth-order valence-corrected chi connectivity index (χ4v) is 3.71. The topological polar surface area (TPSA) is 51.7 Å². The number of nitrogens with zero attached hydrogens (tertiary/aromatic N) is 4. The van der Waals surface area contributed by atoms with Crippen molar-refractivity contribution in [2.24, 2.45) is 0 Å². The Balaban J connectivity index is 1.59. The molecule has 0 aliphatic carbocycles. The van der Waals surface area contributed by atoms with Gasteiger partial charge in [0, 0.05) is 50.7 Å². The zero-order chi connectivity index (χ0) is 17.4. The summed E-state index contributed by atoms with van der Waals surface area (Å²) in [7, 11) is 4.18. The summed E-state index contributed by atoms with van der Waals surface area (Å²) in [5, 5.41) is 4.23. The molecule has 0 radical (unpaired) electrons. The first kappa shape index (κ1) is 16.3. The fourth-order valence-electron chi connectivity index (χ4n) is 3.71. The molecular formula is C19H25N5O. The number of benzene rings is 1. The molecule has 1 fully saturated rings. The quantitative estimate of drug-likeness (QED) is 0.916. The third kappa shape index (κ3) is 3.19. The van der Waals surface area contributed by atoms with Crippen LogP contribution in [0.25, 0.3) is 10.9 Å². The summed E-state index contributed by atoms with van der Waals surface area (Å²) in [6, 6.07) is 8.06. The second-order valence-electron chi connectivity index (χ2n) is 7.11. The van der Waals surface area contributed by atoms with E-state index in [0.29, 0.717) is 6.54 Å². The Morgan fingerprint density at radius 3 is 2.68 bits per heavy atom. The molecule has 1 aromatic heterocycles. The van der Waals surface area contributed by atoms with E-state index < -0.39 is 0 Å². The first-order valence-corrected chi connectivity index (χ1v) is 8.95. The molecule has 1 aromatic carbocycles. The minimum Gasteiger partial charge on any atom is -0.359 e. The third-order valence-corrected chi connectivity index (χ3v) is 5.26. The van der Waals surface area contributed by atoms with Crippen LogP contribution in [0.3, 0.4) is 0 Å². The Labute approximate surface area is 148 Å². The summed E-state index contributed by atoms with van der Waals surface area (Å²) in [4.78, 5) is 24.2. The number of hydrogen-bond donors (Lipinski definition) is 1. The Kier molecular flexibility index (Phi) is 4.31. The van der Waals surface area contributed by atoms with Crippen LogP contribution in [0.15, 0.2) is 24.3 Å². The van der Waals surface area contributed by atoms with Crippen molar-refractivity contribution in [2.75, 3.05) is 63.6 Å². The number of nitrogens with one attached hydrogen (secondary N) is 1. The first-order chi connectivity index (χ1) is 12.1. The highest BCUT2D eigenvalue weighted by Gasteiger charge is 2.25. The van der Waals surface area contributed by atoms with Crippen LogP contribution < -0.4 is 10.2 Å². The van der Waals surface area contributed by atoms with Crippen LogP contribution in [0.1, 0.15) is 5.56 Å². The fraction of sp³-hybridized carbons (Fsp3) is 0.474. The van der Waals surface area contributed by atoms with Gasteiger partial charge < -0.3 is 15.1 Å². The van der Waals surface area contributed by atoms with Gasteiger partial charge in [-0.15, -0.1) is 0 Å². The van der Waals surface area contributed by atoms with E-state index in [0.717, 1.165) is 67.1 Å². The molecule has 25 heavy (non-hydrogen) atoms. The predicted molar refractivity (Wildman–Crippen MR) is 101 cm³/mol. The van der Waals surface area contributed by atoms with E-state index in [2.05, 4.69) is 34.1 Å². The summed E-state index contributed by atoms with van der Waals surface area (Å²) in [5.41, 5.74) is 3.04. The average molecular weight is 339 g/mol. The zero-order valence-corrected chi connectivity index (χ0v) is 15.0. The Hall–Kier alpha value is -2.18. The lowest BCUT2D eigenvalue weighted by atomic mass is 10.1. The molecule has 0 spiro atoms. The number of likely N-dealkylation sites (N-methyl/N-ethyl adjacent to an activating group) is 2. The first-order valence-electron chi connectivity index (χ1n) is 8.95. The van der Waals surface area contributed by atoms with E-state index in [9.17, 15) is 4.79 Å². The third-order valence-electron chi connectivity index (χ3n) is 5.26. The molecule has 6 heteroatoms. The van der Waals surface area contributed by atoms with Crippen LogP contribution in [-0.4, -0.2) is 74.1 Å². The van der Waals surface area contributed by atoms with Crippen molar-refractivity contribution in [1.29, 1.82) is 0 Å². The van der Waals surface area contributed by atoms with E-state index in [1.54, 1.807) is 0 Å². The number of hydrogen-bond acceptors (Lipinski definition) is 5. The number of carbonyl (C=O) groups is 1. The van der Waals surface area contributed by atoms with Crippen LogP contribution >= 0.6 is 0 Å². The van der Waals surface area contributed by atoms with Crippen LogP contribution in [0, 0.1) is 0 Å². The maximum absolute atomic E-state index is 12.7. The largest absolute Gasteiger partial charge is 0.359 e. The molecule has 2 aliphatic heterocycles. The number of anilines is 2. The van der Waals surface area contributed by atoms with Crippen molar-refractivity contribution in [1.82, 2.24) is 14.8 Å². The molecule has 4 rings (SSSR count). The molecular weight excluding hydrogens is 314 g/mol. The van der Waals surface area contributed by atoms with E-state index in [1.807, 2.05) is 24.3 Å². The SMILES string of the molecule is CN1CCN(CC(=O)Nc2c3c(nc4ccccc24)N(C)CC3)CC1. The van der Waals surface area contributed by atoms with E-state index in [-0.39, 0.29) is 5.91 Å². The summed E-state index contributed by atoms with van der Waals surface area (Å²) in [6.45, 7) is 5.33. The molecule has 1 amide bonds. The molecule has 1 saturated heterocycles. The lowest BCUT2D eigenvalue weighted by Gasteiger charge is -2.31. The van der Waals surface area contributed by atoms with Crippen molar-refractivity contribution < 1.29 is 4.79 Å². The summed E-state index contributed by atoms with van der Waals surface area (Å²) >= 11 is 0. The van der Waals surface area contributed by atoms with Crippen molar-refractivity contribution in [3.05, 3.63) is 29.8 Å². The zero-order valence-electron chi connectivity index (χ0n) is 15.0. The highest BCUT2D eigenvalue weighted by atomic mass is 16.2. The molecule has 0 unspecified atom stereocenters. The van der Waals surface area contributed by atoms with E-state index in [1.165, 1.54) is 0 Å². The van der Waals surface area contributed by atoms with Crippen LogP contribution in [0.2, 0.25) is 0 Å². The van der Waals surface area contributed by atoms with Gasteiger partial charge in [0.1, 0.15) is 5.82 Å². The molecule has 0 atom stereocenters. The van der Waals surface area contributed by atoms with Gasteiger partial charge in [-0.3, -0.25) is 9.69 Å². The smallest absolute Gasteiger partial charge is 0.238 e. The lowest BCUT2D eigenvalue weighted by molar-refractivity contribution is -0.117. The normalized spacial score (nSPS) is 18.6. The van der Waals surface area contributed by atoms with E-state index in [4.69, 9.17) is 4.98 Å². The highest BCUT2D eigenvalue weighted by molar-refractivity contribution is 6.04. The van der Waals surface area contributed by atoms with Gasteiger partial charge in [0.2, 0.25) is 5.91 Å². The van der Waals surface area contributed by atoms with Crippen molar-refractivity contribution >= 4 is 28.3 Å². The number of carbonyl (C=O) groups excluding carboxylic acids is 1. The number of aromatic nitrogens is 1. The van der Waals surface area contributed by atoms with E-state index >= 15 is 0 Å². The Bertz CT molecular complexity index is 798. The van der Waals surface area contributed by atoms with Gasteiger partial charge in [0.15, 0.2) is 0 Å². The van der Waals surface area contributed by atoms with Gasteiger partial charge in [0.05, 0.1) is 17.7 Å². The maximum Gasteiger partial charge on any atom is 0.238 e. The molecule has 2 aliphatic rings. The van der Waals surface area contributed by atoms with Gasteiger partial charge >= 0.3 is 0 Å². The van der Waals surface area contributed by atoms with Crippen molar-refractivity contribution in [2.45, 2.75) is 6.42 Å². The van der Waals surface area contributed by atoms with Gasteiger partial charge in [-0.2, -0.15) is 0 Å². The molecule has 6 nitrogen and oxygen atoms in total. The number of fused-ring (bicyclic) bond motifs is 2. The van der Waals surface area contributed by atoms with Gasteiger partial charge in [-0.25, -0.2) is 4.98 Å². The lowest BCUT2D eigenvalue weighted by Crippen LogP contribution is -2.47. The standard InChI is InChI=1S/C19H25N5O/c1-22-9-11-24(12-10-22)13-17(25)21-18-14-5-3-4-6-16(14)20-19-15(18)7-8-23(19)2/h3-6H,7-13H2,1-2H3,(H,20,21,25). The van der Waals surface area contributed by atoms with Gasteiger partial charge in [-0.1, -0.05) is 18.2 Å². The Morgan fingerprint density at radius 1 is 1.12 bits per heavy atom. The minimum atomic E-state index is 0.0673. The maximum atomic E-state index is 12.7. The van der Waals surface area contributed by atoms with Crippen LogP contribution in [0.4, 0.5) is 11.5 Å². The number of rotatable bonds is 3. The minimum absolute atomic E-state index is 0.0673. The summed E-state index contributed by atoms with van der Waals surface area (Å²) < 4.78 is 0. The molecule has 3 heterocycles. The number of amides is 1. The second kappa shape index (κ2) is 6.61. The highest BCUT2D eigenvalue weighted by Crippen LogP contribution is 2.36. The number of piperazine rings is 1. The van der Waals surface area contributed by atoms with Crippen molar-refractivity contribution in [3.8, 4) is 0 Å². The van der Waals surface area contributed by atoms with Crippen molar-refractivity contribution in [3.63, 3.8) is 0 Å². The molecule has 132 valence electrons.